The number of methoxy groups -OCH3 is 3. The fourth-order valence-corrected chi connectivity index (χ4v) is 1.23. The topological polar surface area (TPSA) is 71.1 Å². The maximum atomic E-state index is 11.0. The van der Waals surface area contributed by atoms with Crippen LogP contribution >= 0.6 is 0 Å². The number of hydrogen-bond donors (Lipinski definition) is 0. The molecule has 0 aliphatic rings. The van der Waals surface area contributed by atoms with Crippen LogP contribution in [-0.2, 0) is 4.74 Å². The fourth-order valence-electron chi connectivity index (χ4n) is 1.23. The summed E-state index contributed by atoms with van der Waals surface area (Å²) in [6.45, 7) is 0. The average molecular weight is 240 g/mol. The average Bonchev–Trinajstić information content (AvgIpc) is 2.37. The summed E-state index contributed by atoms with van der Waals surface area (Å²) in [5.41, 5.74) is 0.293. The molecule has 0 atom stereocenters. The van der Waals surface area contributed by atoms with Crippen LogP contribution in [0.25, 0.3) is 0 Å². The maximum absolute atomic E-state index is 11.0. The van der Waals surface area contributed by atoms with Crippen molar-refractivity contribution in [2.24, 2.45) is 0 Å². The van der Waals surface area contributed by atoms with Crippen molar-refractivity contribution >= 4 is 12.4 Å². The molecule has 0 amide bonds. The van der Waals surface area contributed by atoms with E-state index >= 15 is 0 Å². The van der Waals surface area contributed by atoms with E-state index in [0.717, 1.165) is 0 Å². The molecular weight excluding hydrogens is 228 g/mol. The lowest BCUT2D eigenvalue weighted by molar-refractivity contribution is 0.111. The first-order valence-corrected chi connectivity index (χ1v) is 4.63. The summed E-state index contributed by atoms with van der Waals surface area (Å²) in [5.74, 6) is 0.556. The zero-order chi connectivity index (χ0) is 12.8. The Morgan fingerprint density at radius 3 is 2.24 bits per heavy atom. The van der Waals surface area contributed by atoms with Crippen LogP contribution in [0.1, 0.15) is 10.4 Å². The van der Waals surface area contributed by atoms with Crippen LogP contribution in [0, 0.1) is 0 Å². The smallest absolute Gasteiger partial charge is 0.493 e. The van der Waals surface area contributed by atoms with E-state index in [1.165, 1.54) is 33.5 Å². The van der Waals surface area contributed by atoms with Crippen LogP contribution in [0.5, 0.6) is 17.2 Å². The predicted molar refractivity (Wildman–Crippen MR) is 58.0 cm³/mol. The molecule has 1 aromatic carbocycles. The molecule has 92 valence electrons. The number of carbonyl (C=O) groups is 2. The van der Waals surface area contributed by atoms with Gasteiger partial charge in [0.05, 0.1) is 21.3 Å². The number of aldehydes is 1. The van der Waals surface area contributed by atoms with E-state index in [9.17, 15) is 9.59 Å². The van der Waals surface area contributed by atoms with Crippen molar-refractivity contribution in [2.45, 2.75) is 0 Å². The Hall–Kier alpha value is -2.24. The van der Waals surface area contributed by atoms with Crippen LogP contribution in [0.15, 0.2) is 12.1 Å². The molecule has 0 bridgehead atoms. The second-order valence-corrected chi connectivity index (χ2v) is 2.93. The van der Waals surface area contributed by atoms with Crippen molar-refractivity contribution in [3.8, 4) is 17.2 Å². The lowest BCUT2D eigenvalue weighted by Gasteiger charge is -2.12. The third-order valence-electron chi connectivity index (χ3n) is 1.96. The van der Waals surface area contributed by atoms with Gasteiger partial charge in [-0.15, -0.1) is 0 Å². The molecule has 1 aromatic rings. The summed E-state index contributed by atoms with van der Waals surface area (Å²) in [5, 5.41) is 0. The van der Waals surface area contributed by atoms with E-state index in [2.05, 4.69) is 4.74 Å². The van der Waals surface area contributed by atoms with E-state index in [4.69, 9.17) is 14.2 Å². The van der Waals surface area contributed by atoms with Crippen LogP contribution in [0.4, 0.5) is 4.79 Å². The molecule has 0 spiro atoms. The minimum atomic E-state index is -0.909. The van der Waals surface area contributed by atoms with E-state index in [1.54, 1.807) is 0 Å². The van der Waals surface area contributed by atoms with E-state index < -0.39 is 6.16 Å². The van der Waals surface area contributed by atoms with Gasteiger partial charge in [0.2, 0.25) is 5.75 Å². The number of hydrogen-bond acceptors (Lipinski definition) is 6. The summed E-state index contributed by atoms with van der Waals surface area (Å²) in [7, 11) is 3.98. The van der Waals surface area contributed by atoms with Gasteiger partial charge in [0.1, 0.15) is 6.29 Å². The number of carbonyl (C=O) groups excluding carboxylic acids is 2. The molecule has 0 N–H and O–H groups in total. The van der Waals surface area contributed by atoms with Gasteiger partial charge in [-0.3, -0.25) is 4.79 Å². The molecule has 0 unspecified atom stereocenters. The zero-order valence-corrected chi connectivity index (χ0v) is 9.68. The van der Waals surface area contributed by atoms with Gasteiger partial charge in [-0.1, -0.05) is 0 Å². The van der Waals surface area contributed by atoms with Crippen LogP contribution in [0.3, 0.4) is 0 Å². The lowest BCUT2D eigenvalue weighted by Crippen LogP contribution is -2.09. The third-order valence-corrected chi connectivity index (χ3v) is 1.96. The predicted octanol–water partition coefficient (Wildman–Crippen LogP) is 1.66. The Morgan fingerprint density at radius 2 is 1.76 bits per heavy atom. The van der Waals surface area contributed by atoms with Crippen molar-refractivity contribution in [2.75, 3.05) is 21.3 Å². The second kappa shape index (κ2) is 5.74. The Morgan fingerprint density at radius 1 is 1.12 bits per heavy atom. The van der Waals surface area contributed by atoms with E-state index in [-0.39, 0.29) is 17.2 Å². The molecule has 6 heteroatoms. The Kier molecular flexibility index (Phi) is 4.33. The quantitative estimate of drug-likeness (QED) is 0.453. The summed E-state index contributed by atoms with van der Waals surface area (Å²) >= 11 is 0. The highest BCUT2D eigenvalue weighted by Gasteiger charge is 2.16. The van der Waals surface area contributed by atoms with Gasteiger partial charge in [0, 0.05) is 5.56 Å². The summed E-state index contributed by atoms with van der Waals surface area (Å²) < 4.78 is 19.3. The Labute approximate surface area is 98.0 Å². The first-order chi connectivity index (χ1) is 8.15. The number of ether oxygens (including phenoxy) is 4. The van der Waals surface area contributed by atoms with E-state index in [1.807, 2.05) is 0 Å². The first kappa shape index (κ1) is 12.8. The Bertz CT molecular complexity index is 426. The van der Waals surface area contributed by atoms with Gasteiger partial charge in [-0.05, 0) is 12.1 Å². The van der Waals surface area contributed by atoms with Crippen molar-refractivity contribution in [3.05, 3.63) is 17.7 Å². The number of rotatable bonds is 4. The highest BCUT2D eigenvalue weighted by atomic mass is 16.7. The Balaban J connectivity index is 3.23. The highest BCUT2D eigenvalue weighted by Crippen LogP contribution is 2.38. The minimum Gasteiger partial charge on any atom is -0.493 e. The zero-order valence-electron chi connectivity index (χ0n) is 9.68. The van der Waals surface area contributed by atoms with Gasteiger partial charge in [0.25, 0.3) is 0 Å². The molecule has 0 heterocycles. The largest absolute Gasteiger partial charge is 0.513 e. The third kappa shape index (κ3) is 2.87. The van der Waals surface area contributed by atoms with Gasteiger partial charge in [-0.25, -0.2) is 4.79 Å². The molecule has 0 aliphatic heterocycles. The molecule has 1 rings (SSSR count). The summed E-state index contributed by atoms with van der Waals surface area (Å²) in [6, 6.07) is 2.82. The molecule has 0 fully saturated rings. The number of benzene rings is 1. The monoisotopic (exact) mass is 240 g/mol. The maximum Gasteiger partial charge on any atom is 0.513 e. The molecule has 17 heavy (non-hydrogen) atoms. The van der Waals surface area contributed by atoms with Crippen molar-refractivity contribution < 1.29 is 28.5 Å². The fraction of sp³-hybridized carbons (Fsp3) is 0.273. The van der Waals surface area contributed by atoms with Crippen LogP contribution in [-0.4, -0.2) is 33.8 Å². The molecular formula is C11H12O6. The summed E-state index contributed by atoms with van der Waals surface area (Å²) in [6.07, 6.45) is -0.306. The van der Waals surface area contributed by atoms with Crippen molar-refractivity contribution in [3.63, 3.8) is 0 Å². The highest BCUT2D eigenvalue weighted by molar-refractivity contribution is 5.79. The molecule has 0 saturated carbocycles. The standard InChI is InChI=1S/C11H12O6/c1-14-8-4-7(6-12)5-9(10(8)15-2)17-11(13)16-3/h4-6H,1-3H3. The lowest BCUT2D eigenvalue weighted by atomic mass is 10.2. The first-order valence-electron chi connectivity index (χ1n) is 4.63. The van der Waals surface area contributed by atoms with Gasteiger partial charge < -0.3 is 18.9 Å². The van der Waals surface area contributed by atoms with Crippen molar-refractivity contribution in [1.29, 1.82) is 0 Å². The van der Waals surface area contributed by atoms with Gasteiger partial charge >= 0.3 is 6.16 Å². The van der Waals surface area contributed by atoms with Crippen LogP contribution < -0.4 is 14.2 Å². The molecule has 0 radical (unpaired) electrons. The van der Waals surface area contributed by atoms with Crippen molar-refractivity contribution in [1.82, 2.24) is 0 Å². The second-order valence-electron chi connectivity index (χ2n) is 2.93. The normalized spacial score (nSPS) is 9.35. The molecule has 0 saturated heterocycles. The van der Waals surface area contributed by atoms with Crippen LogP contribution in [0.2, 0.25) is 0 Å². The molecule has 0 aliphatic carbocycles. The minimum absolute atomic E-state index is 0.0563. The van der Waals surface area contributed by atoms with Gasteiger partial charge in [-0.2, -0.15) is 0 Å². The SMILES string of the molecule is COC(=O)Oc1cc(C=O)cc(OC)c1OC. The molecule has 0 aromatic heterocycles. The molecule has 6 nitrogen and oxygen atoms in total. The van der Waals surface area contributed by atoms with Gasteiger partial charge in [0.15, 0.2) is 11.5 Å². The van der Waals surface area contributed by atoms with E-state index in [0.29, 0.717) is 11.8 Å². The summed E-state index contributed by atoms with van der Waals surface area (Å²) in [4.78, 5) is 21.7.